The van der Waals surface area contributed by atoms with E-state index in [1.807, 2.05) is 0 Å². The lowest BCUT2D eigenvalue weighted by Gasteiger charge is -2.35. The molecule has 5 nitrogen and oxygen atoms in total. The molecule has 1 atom stereocenters. The maximum Gasteiger partial charge on any atom is 0.247 e. The minimum Gasteiger partial charge on any atom is -0.384 e. The van der Waals surface area contributed by atoms with E-state index in [1.54, 1.807) is 0 Å². The van der Waals surface area contributed by atoms with Crippen molar-refractivity contribution in [3.05, 3.63) is 0 Å². The molecule has 0 bridgehead atoms. The van der Waals surface area contributed by atoms with E-state index in [0.29, 0.717) is 0 Å². The van der Waals surface area contributed by atoms with Crippen molar-refractivity contribution in [2.24, 2.45) is 0 Å². The van der Waals surface area contributed by atoms with Gasteiger partial charge in [0.25, 0.3) is 0 Å². The van der Waals surface area contributed by atoms with Gasteiger partial charge in [0.2, 0.25) is 11.6 Å². The zero-order chi connectivity index (χ0) is 8.91. The largest absolute Gasteiger partial charge is 0.384 e. The van der Waals surface area contributed by atoms with Gasteiger partial charge in [-0.2, -0.15) is 0 Å². The molecule has 0 aromatic carbocycles. The number of hydrogen-bond donors (Lipinski definition) is 5. The summed E-state index contributed by atoms with van der Waals surface area (Å²) in [5, 5.41) is 45.3. The molecule has 1 saturated carbocycles. The van der Waals surface area contributed by atoms with Gasteiger partial charge >= 0.3 is 0 Å². The van der Waals surface area contributed by atoms with E-state index < -0.39 is 17.2 Å². The fourth-order valence-electron chi connectivity index (χ4n) is 1.20. The normalized spacial score (nSPS) is 40.9. The molecule has 5 N–H and O–H groups in total. The topological polar surface area (TPSA) is 101 Å². The van der Waals surface area contributed by atoms with Crippen molar-refractivity contribution in [3.8, 4) is 0 Å². The van der Waals surface area contributed by atoms with Crippen LogP contribution >= 0.6 is 0 Å². The maximum atomic E-state index is 9.24. The summed E-state index contributed by atoms with van der Waals surface area (Å²) in [5.74, 6) is -5.46. The highest BCUT2D eigenvalue weighted by Gasteiger charge is 2.64. The third kappa shape index (κ3) is 0.969. The lowest BCUT2D eigenvalue weighted by Crippen LogP contribution is -2.60. The minimum atomic E-state index is -2.85. The van der Waals surface area contributed by atoms with Crippen LogP contribution in [0.2, 0.25) is 0 Å². The number of rotatable bonds is 0. The average Bonchev–Trinajstić information content (AvgIpc) is 1.93. The first-order chi connectivity index (χ1) is 4.71. The molecule has 0 radical (unpaired) electrons. The lowest BCUT2D eigenvalue weighted by atomic mass is 9.97. The van der Waals surface area contributed by atoms with Gasteiger partial charge in [-0.3, -0.25) is 0 Å². The van der Waals surface area contributed by atoms with Crippen LogP contribution in [0.25, 0.3) is 0 Å². The molecular weight excluding hydrogens is 152 g/mol. The van der Waals surface area contributed by atoms with Crippen molar-refractivity contribution >= 4 is 0 Å². The summed E-state index contributed by atoms with van der Waals surface area (Å²) in [4.78, 5) is 0. The lowest BCUT2D eigenvalue weighted by molar-refractivity contribution is -0.378. The second kappa shape index (κ2) is 1.94. The Labute approximate surface area is 63.5 Å². The van der Waals surface area contributed by atoms with E-state index in [0.717, 1.165) is 6.92 Å². The van der Waals surface area contributed by atoms with Crippen LogP contribution < -0.4 is 0 Å². The summed E-state index contributed by atoms with van der Waals surface area (Å²) in [6, 6.07) is 0. The molecule has 1 rings (SSSR count). The van der Waals surface area contributed by atoms with Crippen LogP contribution in [-0.4, -0.2) is 42.7 Å². The van der Waals surface area contributed by atoms with Gasteiger partial charge in [-0.05, 0) is 13.3 Å². The van der Waals surface area contributed by atoms with Crippen LogP contribution in [-0.2, 0) is 0 Å². The first-order valence-corrected chi connectivity index (χ1v) is 3.33. The fraction of sp³-hybridized carbons (Fsp3) is 1.00. The Morgan fingerprint density at radius 3 is 1.45 bits per heavy atom. The zero-order valence-electron chi connectivity index (χ0n) is 6.15. The average molecular weight is 164 g/mol. The summed E-state index contributed by atoms with van der Waals surface area (Å²) >= 11 is 0. The van der Waals surface area contributed by atoms with Crippen molar-refractivity contribution in [3.63, 3.8) is 0 Å². The van der Waals surface area contributed by atoms with Crippen molar-refractivity contribution in [2.75, 3.05) is 0 Å². The Balaban J connectivity index is 3.00. The molecule has 1 fully saturated rings. The number of aliphatic hydroxyl groups is 5. The summed E-state index contributed by atoms with van der Waals surface area (Å²) in [7, 11) is 0. The van der Waals surface area contributed by atoms with Crippen LogP contribution in [0.1, 0.15) is 19.8 Å². The van der Waals surface area contributed by atoms with Gasteiger partial charge in [0.15, 0.2) is 0 Å². The molecule has 1 aliphatic rings. The van der Waals surface area contributed by atoms with Crippen molar-refractivity contribution in [1.29, 1.82) is 0 Å². The minimum absolute atomic E-state index is 0.0625. The molecule has 0 spiro atoms. The van der Waals surface area contributed by atoms with Gasteiger partial charge in [0.1, 0.15) is 5.60 Å². The third-order valence-corrected chi connectivity index (χ3v) is 2.27. The van der Waals surface area contributed by atoms with Crippen molar-refractivity contribution in [1.82, 2.24) is 0 Å². The molecule has 11 heavy (non-hydrogen) atoms. The van der Waals surface area contributed by atoms with Crippen LogP contribution in [0.3, 0.4) is 0 Å². The molecule has 1 aliphatic carbocycles. The monoisotopic (exact) mass is 164 g/mol. The van der Waals surface area contributed by atoms with E-state index in [2.05, 4.69) is 0 Å². The van der Waals surface area contributed by atoms with Crippen LogP contribution in [0.15, 0.2) is 0 Å². The smallest absolute Gasteiger partial charge is 0.247 e. The molecular formula is C6H12O5. The molecule has 0 aromatic rings. The summed E-state index contributed by atoms with van der Waals surface area (Å²) < 4.78 is 0. The van der Waals surface area contributed by atoms with E-state index in [4.69, 9.17) is 20.4 Å². The summed E-state index contributed by atoms with van der Waals surface area (Å²) in [6.07, 6.45) is -0.319. The second-order valence-electron chi connectivity index (χ2n) is 3.26. The van der Waals surface area contributed by atoms with Crippen molar-refractivity contribution < 1.29 is 25.5 Å². The SMILES string of the molecule is CC1(O)CCC(O)(O)C1(O)O. The Bertz CT molecular complexity index is 154. The highest BCUT2D eigenvalue weighted by atomic mass is 16.6. The molecule has 66 valence electrons. The van der Waals surface area contributed by atoms with E-state index in [9.17, 15) is 5.11 Å². The molecule has 0 saturated heterocycles. The van der Waals surface area contributed by atoms with Crippen LogP contribution in [0.5, 0.6) is 0 Å². The van der Waals surface area contributed by atoms with Gasteiger partial charge in [0.05, 0.1) is 0 Å². The highest BCUT2D eigenvalue weighted by molar-refractivity contribution is 5.04. The Kier molecular flexibility index (Phi) is 1.56. The van der Waals surface area contributed by atoms with Gasteiger partial charge in [-0.1, -0.05) is 0 Å². The number of hydrogen-bond acceptors (Lipinski definition) is 5. The highest BCUT2D eigenvalue weighted by Crippen LogP contribution is 2.42. The summed E-state index contributed by atoms with van der Waals surface area (Å²) in [5.41, 5.74) is -1.86. The van der Waals surface area contributed by atoms with E-state index >= 15 is 0 Å². The zero-order valence-corrected chi connectivity index (χ0v) is 6.15. The van der Waals surface area contributed by atoms with Crippen LogP contribution in [0.4, 0.5) is 0 Å². The van der Waals surface area contributed by atoms with Crippen molar-refractivity contribution in [2.45, 2.75) is 36.9 Å². The maximum absolute atomic E-state index is 9.24. The van der Waals surface area contributed by atoms with E-state index in [1.165, 1.54) is 0 Å². The Morgan fingerprint density at radius 2 is 1.36 bits per heavy atom. The Morgan fingerprint density at radius 1 is 0.909 bits per heavy atom. The summed E-state index contributed by atoms with van der Waals surface area (Å²) in [6.45, 7) is 1.14. The van der Waals surface area contributed by atoms with Gasteiger partial charge < -0.3 is 25.5 Å². The molecule has 0 heterocycles. The first kappa shape index (κ1) is 8.89. The van der Waals surface area contributed by atoms with Crippen LogP contribution in [0, 0.1) is 0 Å². The molecule has 5 heteroatoms. The predicted octanol–water partition coefficient (Wildman–Crippen LogP) is -2.11. The van der Waals surface area contributed by atoms with E-state index in [-0.39, 0.29) is 12.8 Å². The standard InChI is InChI=1S/C6H12O5/c1-4(7)2-3-5(8,9)6(4,10)11/h7-11H,2-3H2,1H3. The molecule has 0 amide bonds. The quantitative estimate of drug-likeness (QED) is 0.264. The second-order valence-corrected chi connectivity index (χ2v) is 3.26. The molecule has 0 aliphatic heterocycles. The van der Waals surface area contributed by atoms with Gasteiger partial charge in [-0.25, -0.2) is 0 Å². The van der Waals surface area contributed by atoms with Gasteiger partial charge in [0, 0.05) is 6.42 Å². The van der Waals surface area contributed by atoms with Gasteiger partial charge in [-0.15, -0.1) is 0 Å². The first-order valence-electron chi connectivity index (χ1n) is 3.33. The molecule has 0 aromatic heterocycles. The molecule has 1 unspecified atom stereocenters. The predicted molar refractivity (Wildman–Crippen MR) is 34.2 cm³/mol. The third-order valence-electron chi connectivity index (χ3n) is 2.27. The Hall–Kier alpha value is -0.200. The fourth-order valence-corrected chi connectivity index (χ4v) is 1.20.